The number of hydrogen-bond donors (Lipinski definition) is 1. The fraction of sp³-hybridized carbons (Fsp3) is 0.583. The van der Waals surface area contributed by atoms with Gasteiger partial charge in [0.05, 0.1) is 0 Å². The van der Waals surface area contributed by atoms with Crippen LogP contribution in [0.5, 0.6) is 0 Å². The highest BCUT2D eigenvalue weighted by Crippen LogP contribution is 2.34. The second-order valence-corrected chi connectivity index (χ2v) is 4.32. The molecular weight excluding hydrogens is 174 g/mol. The molecule has 2 heteroatoms. The van der Waals surface area contributed by atoms with E-state index < -0.39 is 0 Å². The molecule has 2 N–H and O–H groups in total. The fourth-order valence-corrected chi connectivity index (χ4v) is 1.72. The van der Waals surface area contributed by atoms with Crippen LogP contribution in [0.3, 0.4) is 0 Å². The third-order valence-electron chi connectivity index (χ3n) is 2.84. The van der Waals surface area contributed by atoms with E-state index in [1.807, 2.05) is 12.2 Å². The molecule has 0 aromatic carbocycles. The minimum atomic E-state index is -0.321. The topological polar surface area (TPSA) is 43.1 Å². The van der Waals surface area contributed by atoms with Crippen LogP contribution in [0.2, 0.25) is 0 Å². The summed E-state index contributed by atoms with van der Waals surface area (Å²) >= 11 is 0. The second kappa shape index (κ2) is 4.45. The molecule has 0 aromatic heterocycles. The highest BCUT2D eigenvalue weighted by Gasteiger charge is 2.22. The van der Waals surface area contributed by atoms with E-state index >= 15 is 0 Å². The van der Waals surface area contributed by atoms with Crippen LogP contribution >= 0.6 is 0 Å². The Bertz CT molecular complexity index is 278. The van der Waals surface area contributed by atoms with Crippen molar-refractivity contribution >= 4 is 5.91 Å². The van der Waals surface area contributed by atoms with Gasteiger partial charge in [0.25, 0.3) is 0 Å². The van der Waals surface area contributed by atoms with Gasteiger partial charge in [-0.3, -0.25) is 4.79 Å². The molecule has 0 heterocycles. The van der Waals surface area contributed by atoms with Gasteiger partial charge in [-0.05, 0) is 18.3 Å². The van der Waals surface area contributed by atoms with Crippen LogP contribution < -0.4 is 5.73 Å². The van der Waals surface area contributed by atoms with E-state index in [1.54, 1.807) is 0 Å². The third kappa shape index (κ3) is 2.72. The quantitative estimate of drug-likeness (QED) is 0.732. The van der Waals surface area contributed by atoms with Gasteiger partial charge in [-0.25, -0.2) is 0 Å². The Morgan fingerprint density at radius 3 is 2.79 bits per heavy atom. The molecule has 0 fully saturated rings. The molecule has 1 aliphatic rings. The van der Waals surface area contributed by atoms with E-state index in [0.717, 1.165) is 6.42 Å². The van der Waals surface area contributed by atoms with Crippen molar-refractivity contribution in [3.8, 4) is 0 Å². The number of unbranched alkanes of at least 4 members (excludes halogenated alkanes) is 1. The molecule has 1 atom stereocenters. The monoisotopic (exact) mass is 193 g/mol. The van der Waals surface area contributed by atoms with E-state index in [9.17, 15) is 4.79 Å². The number of rotatable bonds is 4. The molecule has 0 saturated carbocycles. The lowest BCUT2D eigenvalue weighted by molar-refractivity contribution is -0.114. The second-order valence-electron chi connectivity index (χ2n) is 4.32. The molecule has 0 saturated heterocycles. The molecule has 0 aromatic rings. The van der Waals surface area contributed by atoms with Gasteiger partial charge >= 0.3 is 0 Å². The molecule has 1 rings (SSSR count). The molecule has 2 nitrogen and oxygen atoms in total. The minimum absolute atomic E-state index is 0.231. The molecule has 1 unspecified atom stereocenters. The molecule has 0 aliphatic heterocycles. The van der Waals surface area contributed by atoms with Crippen LogP contribution in [0, 0.1) is 5.41 Å². The van der Waals surface area contributed by atoms with Crippen molar-refractivity contribution in [2.24, 2.45) is 11.1 Å². The smallest absolute Gasteiger partial charge is 0.248 e. The SMILES string of the molecule is CCCCC1(C)C=CC(C(N)=O)=CC1. The summed E-state index contributed by atoms with van der Waals surface area (Å²) in [5.41, 5.74) is 6.08. The summed E-state index contributed by atoms with van der Waals surface area (Å²) in [5.74, 6) is -0.321. The molecule has 1 amide bonds. The highest BCUT2D eigenvalue weighted by atomic mass is 16.1. The van der Waals surface area contributed by atoms with Crippen molar-refractivity contribution in [2.45, 2.75) is 39.5 Å². The number of amides is 1. The molecule has 0 bridgehead atoms. The van der Waals surface area contributed by atoms with Gasteiger partial charge in [0.1, 0.15) is 0 Å². The average molecular weight is 193 g/mol. The number of carbonyl (C=O) groups is 1. The zero-order chi connectivity index (χ0) is 10.6. The van der Waals surface area contributed by atoms with Gasteiger partial charge in [0, 0.05) is 5.57 Å². The van der Waals surface area contributed by atoms with Crippen molar-refractivity contribution in [2.75, 3.05) is 0 Å². The van der Waals surface area contributed by atoms with Gasteiger partial charge < -0.3 is 5.73 Å². The Morgan fingerprint density at radius 2 is 2.36 bits per heavy atom. The summed E-state index contributed by atoms with van der Waals surface area (Å²) in [4.78, 5) is 10.9. The number of allylic oxidation sites excluding steroid dienone is 2. The zero-order valence-electron chi connectivity index (χ0n) is 9.05. The number of hydrogen-bond acceptors (Lipinski definition) is 1. The summed E-state index contributed by atoms with van der Waals surface area (Å²) in [7, 11) is 0. The number of primary amides is 1. The van der Waals surface area contributed by atoms with Crippen LogP contribution in [0.15, 0.2) is 23.8 Å². The summed E-state index contributed by atoms with van der Waals surface area (Å²) in [5, 5.41) is 0. The Labute approximate surface area is 85.9 Å². The standard InChI is InChI=1S/C12H19NO/c1-3-4-7-12(2)8-5-10(6-9-12)11(13)14/h5-6,8H,3-4,7,9H2,1-2H3,(H2,13,14). The normalized spacial score (nSPS) is 26.0. The maximum atomic E-state index is 10.9. The highest BCUT2D eigenvalue weighted by molar-refractivity contribution is 5.95. The predicted octanol–water partition coefficient (Wildman–Crippen LogP) is 2.55. The average Bonchev–Trinajstić information content (AvgIpc) is 2.16. The Balaban J connectivity index is 2.58. The van der Waals surface area contributed by atoms with Crippen molar-refractivity contribution in [3.63, 3.8) is 0 Å². The van der Waals surface area contributed by atoms with Crippen molar-refractivity contribution in [3.05, 3.63) is 23.8 Å². The lowest BCUT2D eigenvalue weighted by Crippen LogP contribution is -2.19. The first kappa shape index (κ1) is 11.0. The van der Waals surface area contributed by atoms with Crippen LogP contribution in [0.25, 0.3) is 0 Å². The van der Waals surface area contributed by atoms with Crippen molar-refractivity contribution in [1.29, 1.82) is 0 Å². The van der Waals surface area contributed by atoms with E-state index in [-0.39, 0.29) is 11.3 Å². The molecule has 1 aliphatic carbocycles. The van der Waals surface area contributed by atoms with E-state index in [2.05, 4.69) is 19.9 Å². The summed E-state index contributed by atoms with van der Waals surface area (Å²) < 4.78 is 0. The predicted molar refractivity (Wildman–Crippen MR) is 58.7 cm³/mol. The summed E-state index contributed by atoms with van der Waals surface area (Å²) in [6, 6.07) is 0. The van der Waals surface area contributed by atoms with Crippen LogP contribution in [0.4, 0.5) is 0 Å². The van der Waals surface area contributed by atoms with Crippen molar-refractivity contribution < 1.29 is 4.79 Å². The first-order chi connectivity index (χ1) is 6.57. The van der Waals surface area contributed by atoms with Crippen LogP contribution in [-0.4, -0.2) is 5.91 Å². The Morgan fingerprint density at radius 1 is 1.64 bits per heavy atom. The maximum Gasteiger partial charge on any atom is 0.248 e. The molecule has 14 heavy (non-hydrogen) atoms. The third-order valence-corrected chi connectivity index (χ3v) is 2.84. The molecule has 0 spiro atoms. The van der Waals surface area contributed by atoms with E-state index in [1.165, 1.54) is 19.3 Å². The van der Waals surface area contributed by atoms with Gasteiger partial charge in [-0.15, -0.1) is 0 Å². The van der Waals surface area contributed by atoms with E-state index in [4.69, 9.17) is 5.73 Å². The molecule has 78 valence electrons. The molecular formula is C12H19NO. The summed E-state index contributed by atoms with van der Waals surface area (Å²) in [6.45, 7) is 4.42. The first-order valence-electron chi connectivity index (χ1n) is 5.26. The van der Waals surface area contributed by atoms with Gasteiger partial charge in [-0.2, -0.15) is 0 Å². The largest absolute Gasteiger partial charge is 0.366 e. The summed E-state index contributed by atoms with van der Waals surface area (Å²) in [6.07, 6.45) is 10.5. The maximum absolute atomic E-state index is 10.9. The van der Waals surface area contributed by atoms with Crippen molar-refractivity contribution in [1.82, 2.24) is 0 Å². The van der Waals surface area contributed by atoms with Crippen LogP contribution in [-0.2, 0) is 4.79 Å². The zero-order valence-corrected chi connectivity index (χ0v) is 9.05. The van der Waals surface area contributed by atoms with Gasteiger partial charge in [0.2, 0.25) is 5.91 Å². The number of carbonyl (C=O) groups excluding carboxylic acids is 1. The van der Waals surface area contributed by atoms with Crippen LogP contribution in [0.1, 0.15) is 39.5 Å². The minimum Gasteiger partial charge on any atom is -0.366 e. The number of nitrogens with two attached hydrogens (primary N) is 1. The van der Waals surface area contributed by atoms with Gasteiger partial charge in [0.15, 0.2) is 0 Å². The Kier molecular flexibility index (Phi) is 3.50. The van der Waals surface area contributed by atoms with E-state index in [0.29, 0.717) is 5.57 Å². The lowest BCUT2D eigenvalue weighted by Gasteiger charge is -2.27. The fourth-order valence-electron chi connectivity index (χ4n) is 1.72. The lowest BCUT2D eigenvalue weighted by atomic mass is 9.78. The molecule has 0 radical (unpaired) electrons. The Hall–Kier alpha value is -1.05. The van der Waals surface area contributed by atoms with Gasteiger partial charge in [-0.1, -0.05) is 44.9 Å². The first-order valence-corrected chi connectivity index (χ1v) is 5.26.